The maximum atomic E-state index is 12.3. The molecule has 2 unspecified atom stereocenters. The number of hydrogen-bond donors (Lipinski definition) is 3. The molecule has 0 saturated carbocycles. The molecular weight excluding hydrogens is 817 g/mol. The van der Waals surface area contributed by atoms with E-state index in [0.29, 0.717) is 49.3 Å². The molecule has 0 fully saturated rings. The number of carbonyl (C=O) groups is 2. The van der Waals surface area contributed by atoms with Crippen molar-refractivity contribution in [3.63, 3.8) is 0 Å². The zero-order valence-electron chi connectivity index (χ0n) is 35.7. The van der Waals surface area contributed by atoms with Crippen LogP contribution in [0.1, 0.15) is 22.3 Å². The first-order valence-corrected chi connectivity index (χ1v) is 21.0. The summed E-state index contributed by atoms with van der Waals surface area (Å²) in [7, 11) is 1.38. The minimum absolute atomic E-state index is 0.348. The van der Waals surface area contributed by atoms with E-state index in [2.05, 4.69) is 30.6 Å². The summed E-state index contributed by atoms with van der Waals surface area (Å²) in [5.74, 6) is 2.31. The van der Waals surface area contributed by atoms with E-state index in [0.717, 1.165) is 44.9 Å². The number of rotatable bonds is 18. The van der Waals surface area contributed by atoms with Gasteiger partial charge in [-0.05, 0) is 82.9 Å². The number of carboxylic acid groups (broad SMARTS) is 1. The number of nitrogens with zero attached hydrogens (tertiary/aromatic N) is 4. The van der Waals surface area contributed by atoms with E-state index < -0.39 is 18.1 Å². The summed E-state index contributed by atoms with van der Waals surface area (Å²) in [5, 5.41) is 15.8. The van der Waals surface area contributed by atoms with Crippen LogP contribution in [0.15, 0.2) is 194 Å². The Hall–Kier alpha value is -8.38. The number of hydrogen-bond acceptors (Lipinski definition) is 11. The SMILES string of the molecule is COC(=O)C(Cc1ccccc1)Nc1ccnc(-c2ccc(OCc3ccccc3)cc2)n1.O=C(O)C(Cc1ccccc1)Nc1ccnc(-c2ccc(OCc3ccccc3)cc2)n1. The van der Waals surface area contributed by atoms with Gasteiger partial charge in [-0.25, -0.2) is 29.5 Å². The lowest BCUT2D eigenvalue weighted by atomic mass is 10.1. The molecule has 6 aromatic carbocycles. The van der Waals surface area contributed by atoms with Crippen LogP contribution in [0.5, 0.6) is 11.5 Å². The van der Waals surface area contributed by atoms with Gasteiger partial charge < -0.3 is 30.0 Å². The van der Waals surface area contributed by atoms with Gasteiger partial charge in [0.05, 0.1) is 7.11 Å². The van der Waals surface area contributed by atoms with Crippen molar-refractivity contribution in [2.75, 3.05) is 17.7 Å². The van der Waals surface area contributed by atoms with Crippen LogP contribution in [0, 0.1) is 0 Å². The monoisotopic (exact) mass is 864 g/mol. The number of nitrogens with one attached hydrogen (secondary N) is 2. The molecule has 3 N–H and O–H groups in total. The van der Waals surface area contributed by atoms with Crippen molar-refractivity contribution in [1.82, 2.24) is 19.9 Å². The Labute approximate surface area is 378 Å². The molecule has 8 aromatic rings. The molecule has 2 heterocycles. The molecule has 0 aliphatic carbocycles. The van der Waals surface area contributed by atoms with Gasteiger partial charge in [-0.3, -0.25) is 0 Å². The summed E-state index contributed by atoms with van der Waals surface area (Å²) < 4.78 is 16.7. The standard InChI is InChI=1S/C27H25N3O3.C26H23N3O3/c1-32-27(31)24(18-20-8-4-2-5-9-20)29-25-16-17-28-26(30-25)22-12-14-23(15-13-22)33-19-21-10-6-3-7-11-21;30-26(31)23(17-19-7-3-1-4-8-19)28-24-15-16-27-25(29-24)21-11-13-22(14-12-21)32-18-20-9-5-2-6-10-20/h2-17,24H,18-19H2,1H3,(H,28,29,30);1-16,23H,17-18H2,(H,30,31)(H,27,28,29). The van der Waals surface area contributed by atoms with Crippen molar-refractivity contribution in [1.29, 1.82) is 0 Å². The lowest BCUT2D eigenvalue weighted by molar-refractivity contribution is -0.141. The minimum atomic E-state index is -0.936. The topological polar surface area (TPSA) is 158 Å². The van der Waals surface area contributed by atoms with Gasteiger partial charge >= 0.3 is 11.9 Å². The third-order valence-electron chi connectivity index (χ3n) is 10.0. The molecule has 0 saturated heterocycles. The van der Waals surface area contributed by atoms with Gasteiger partial charge in [0.2, 0.25) is 0 Å². The first-order chi connectivity index (χ1) is 31.9. The largest absolute Gasteiger partial charge is 0.489 e. The fraction of sp³-hybridized carbons (Fsp3) is 0.132. The molecule has 2 aromatic heterocycles. The van der Waals surface area contributed by atoms with Crippen LogP contribution in [-0.4, -0.2) is 56.2 Å². The van der Waals surface area contributed by atoms with Gasteiger partial charge in [0.25, 0.3) is 0 Å². The van der Waals surface area contributed by atoms with Crippen molar-refractivity contribution >= 4 is 23.6 Å². The predicted octanol–water partition coefficient (Wildman–Crippen LogP) is 9.75. The number of ether oxygens (including phenoxy) is 3. The number of methoxy groups -OCH3 is 1. The summed E-state index contributed by atoms with van der Waals surface area (Å²) >= 11 is 0. The number of aliphatic carboxylic acids is 1. The van der Waals surface area contributed by atoms with E-state index in [1.165, 1.54) is 7.11 Å². The van der Waals surface area contributed by atoms with Crippen LogP contribution >= 0.6 is 0 Å². The molecular formula is C53H48N6O6. The highest BCUT2D eigenvalue weighted by atomic mass is 16.5. The van der Waals surface area contributed by atoms with E-state index in [1.807, 2.05) is 170 Å². The maximum Gasteiger partial charge on any atom is 0.328 e. The second-order valence-corrected chi connectivity index (χ2v) is 14.8. The average Bonchev–Trinajstić information content (AvgIpc) is 3.36. The number of anilines is 2. The fourth-order valence-corrected chi connectivity index (χ4v) is 6.63. The van der Waals surface area contributed by atoms with Crippen molar-refractivity contribution in [2.45, 2.75) is 38.1 Å². The number of esters is 1. The molecule has 65 heavy (non-hydrogen) atoms. The molecule has 8 rings (SSSR count). The van der Waals surface area contributed by atoms with Crippen LogP contribution in [0.2, 0.25) is 0 Å². The van der Waals surface area contributed by atoms with Crippen LogP contribution < -0.4 is 20.1 Å². The van der Waals surface area contributed by atoms with Crippen LogP contribution in [0.4, 0.5) is 11.6 Å². The highest BCUT2D eigenvalue weighted by Crippen LogP contribution is 2.24. The lowest BCUT2D eigenvalue weighted by Gasteiger charge is -2.17. The lowest BCUT2D eigenvalue weighted by Crippen LogP contribution is -2.33. The van der Waals surface area contributed by atoms with Crippen molar-refractivity contribution in [3.05, 3.63) is 217 Å². The Bertz CT molecular complexity index is 2690. The van der Waals surface area contributed by atoms with E-state index in [1.54, 1.807) is 24.5 Å². The summed E-state index contributed by atoms with van der Waals surface area (Å²) in [4.78, 5) is 41.9. The number of benzene rings is 6. The zero-order chi connectivity index (χ0) is 45.1. The second kappa shape index (κ2) is 23.2. The van der Waals surface area contributed by atoms with Gasteiger partial charge in [-0.15, -0.1) is 0 Å². The molecule has 0 aliphatic rings. The zero-order valence-corrected chi connectivity index (χ0v) is 35.7. The molecule has 12 heteroatoms. The van der Waals surface area contributed by atoms with Gasteiger partial charge in [0, 0.05) is 36.4 Å². The molecule has 12 nitrogen and oxygen atoms in total. The highest BCUT2D eigenvalue weighted by Gasteiger charge is 2.21. The maximum absolute atomic E-state index is 12.3. The van der Waals surface area contributed by atoms with Crippen molar-refractivity contribution < 1.29 is 28.9 Å². The van der Waals surface area contributed by atoms with Crippen LogP contribution in [-0.2, 0) is 40.4 Å². The highest BCUT2D eigenvalue weighted by molar-refractivity contribution is 5.79. The van der Waals surface area contributed by atoms with E-state index in [9.17, 15) is 14.7 Å². The number of aromatic nitrogens is 4. The Balaban J connectivity index is 0.000000194. The molecule has 0 aliphatic heterocycles. The van der Waals surface area contributed by atoms with Crippen molar-refractivity contribution in [2.24, 2.45) is 0 Å². The Kier molecular flexibility index (Phi) is 15.9. The van der Waals surface area contributed by atoms with Crippen LogP contribution in [0.3, 0.4) is 0 Å². The van der Waals surface area contributed by atoms with Crippen molar-refractivity contribution in [3.8, 4) is 34.3 Å². The third-order valence-corrected chi connectivity index (χ3v) is 10.0. The van der Waals surface area contributed by atoms with Gasteiger partial charge in [0.15, 0.2) is 11.6 Å². The van der Waals surface area contributed by atoms with Gasteiger partial charge in [-0.2, -0.15) is 0 Å². The molecule has 0 bridgehead atoms. The van der Waals surface area contributed by atoms with E-state index >= 15 is 0 Å². The third kappa shape index (κ3) is 13.8. The van der Waals surface area contributed by atoms with Crippen LogP contribution in [0.25, 0.3) is 22.8 Å². The first kappa shape index (κ1) is 44.7. The predicted molar refractivity (Wildman–Crippen MR) is 251 cm³/mol. The Morgan fingerprint density at radius 1 is 0.492 bits per heavy atom. The van der Waals surface area contributed by atoms with Gasteiger partial charge in [0.1, 0.15) is 48.4 Å². The summed E-state index contributed by atoms with van der Waals surface area (Å²) in [6, 6.07) is 56.5. The molecule has 2 atom stereocenters. The molecule has 0 amide bonds. The molecule has 0 radical (unpaired) electrons. The minimum Gasteiger partial charge on any atom is -0.489 e. The Morgan fingerprint density at radius 3 is 1.25 bits per heavy atom. The number of carbonyl (C=O) groups excluding carboxylic acids is 1. The second-order valence-electron chi connectivity index (χ2n) is 14.8. The smallest absolute Gasteiger partial charge is 0.328 e. The quantitative estimate of drug-likeness (QED) is 0.0703. The summed E-state index contributed by atoms with van der Waals surface area (Å²) in [6.07, 6.45) is 4.12. The van der Waals surface area contributed by atoms with E-state index in [-0.39, 0.29) is 5.97 Å². The molecule has 326 valence electrons. The Morgan fingerprint density at radius 2 is 0.862 bits per heavy atom. The normalized spacial score (nSPS) is 11.5. The summed E-state index contributed by atoms with van der Waals surface area (Å²) in [6.45, 7) is 1.00. The number of carboxylic acids is 1. The van der Waals surface area contributed by atoms with Gasteiger partial charge in [-0.1, -0.05) is 121 Å². The fourth-order valence-electron chi connectivity index (χ4n) is 6.63. The average molecular weight is 865 g/mol. The summed E-state index contributed by atoms with van der Waals surface area (Å²) in [5.41, 5.74) is 5.84. The van der Waals surface area contributed by atoms with E-state index in [4.69, 9.17) is 14.2 Å². The molecule has 0 spiro atoms. The first-order valence-electron chi connectivity index (χ1n) is 21.0.